The lowest BCUT2D eigenvalue weighted by Crippen LogP contribution is -2.34. The summed E-state index contributed by atoms with van der Waals surface area (Å²) in [5.74, 6) is 0. The highest BCUT2D eigenvalue weighted by Gasteiger charge is 2.33. The van der Waals surface area contributed by atoms with Crippen LogP contribution in [0.2, 0.25) is 10.0 Å². The van der Waals surface area contributed by atoms with Gasteiger partial charge in [0.25, 0.3) is 0 Å². The van der Waals surface area contributed by atoms with Crippen molar-refractivity contribution in [1.82, 2.24) is 4.90 Å². The Balaban J connectivity index is 2.41. The van der Waals surface area contributed by atoms with Crippen molar-refractivity contribution in [2.75, 3.05) is 6.54 Å². The molecule has 1 heterocycles. The number of nitrogens with two attached hydrogens (primary N) is 1. The fourth-order valence-corrected chi connectivity index (χ4v) is 2.92. The maximum Gasteiger partial charge on any atom is 0.0640 e. The van der Waals surface area contributed by atoms with Crippen molar-refractivity contribution >= 4 is 23.2 Å². The second-order valence-electron chi connectivity index (χ2n) is 4.61. The van der Waals surface area contributed by atoms with Crippen LogP contribution >= 0.6 is 23.2 Å². The fourth-order valence-electron chi connectivity index (χ4n) is 2.51. The molecule has 17 heavy (non-hydrogen) atoms. The smallest absolute Gasteiger partial charge is 0.0640 e. The molecule has 0 aromatic heterocycles. The van der Waals surface area contributed by atoms with E-state index in [1.165, 1.54) is 5.56 Å². The highest BCUT2D eigenvalue weighted by atomic mass is 35.5. The normalized spacial score (nSPS) is 21.6. The van der Waals surface area contributed by atoms with Crippen LogP contribution in [0.25, 0.3) is 0 Å². The number of benzene rings is 1. The van der Waals surface area contributed by atoms with Crippen LogP contribution < -0.4 is 5.73 Å². The van der Waals surface area contributed by atoms with Gasteiger partial charge in [-0.05, 0) is 30.5 Å². The quantitative estimate of drug-likeness (QED) is 0.911. The first-order valence-electron chi connectivity index (χ1n) is 6.02. The van der Waals surface area contributed by atoms with Crippen molar-refractivity contribution in [3.63, 3.8) is 0 Å². The van der Waals surface area contributed by atoms with Crippen LogP contribution in [0.3, 0.4) is 0 Å². The van der Waals surface area contributed by atoms with Gasteiger partial charge in [0.05, 0.1) is 10.0 Å². The summed E-state index contributed by atoms with van der Waals surface area (Å²) in [6.45, 7) is 5.89. The first-order valence-corrected chi connectivity index (χ1v) is 6.78. The van der Waals surface area contributed by atoms with Gasteiger partial charge in [0, 0.05) is 25.2 Å². The lowest BCUT2D eigenvalue weighted by molar-refractivity contribution is 0.157. The molecule has 1 aromatic rings. The van der Waals surface area contributed by atoms with Gasteiger partial charge in [0.1, 0.15) is 0 Å². The monoisotopic (exact) mass is 272 g/mol. The van der Waals surface area contributed by atoms with Crippen molar-refractivity contribution in [1.29, 1.82) is 0 Å². The summed E-state index contributed by atoms with van der Waals surface area (Å²) < 4.78 is 0. The van der Waals surface area contributed by atoms with Gasteiger partial charge in [-0.3, -0.25) is 4.90 Å². The van der Waals surface area contributed by atoms with Gasteiger partial charge in [-0.2, -0.15) is 0 Å². The van der Waals surface area contributed by atoms with E-state index in [9.17, 15) is 0 Å². The summed E-state index contributed by atoms with van der Waals surface area (Å²) in [5, 5.41) is 1.32. The predicted molar refractivity (Wildman–Crippen MR) is 73.6 cm³/mol. The van der Waals surface area contributed by atoms with Gasteiger partial charge in [0.15, 0.2) is 0 Å². The minimum Gasteiger partial charge on any atom is -0.329 e. The van der Waals surface area contributed by atoms with Crippen LogP contribution in [-0.2, 0) is 6.54 Å². The number of hydrogen-bond acceptors (Lipinski definition) is 2. The Hall–Kier alpha value is -0.280. The Morgan fingerprint density at radius 1 is 1.47 bits per heavy atom. The number of rotatable bonds is 3. The molecule has 94 valence electrons. The van der Waals surface area contributed by atoms with Gasteiger partial charge in [-0.25, -0.2) is 0 Å². The molecule has 1 aliphatic rings. The molecule has 0 fully saturated rings. The molecule has 2 rings (SSSR count). The van der Waals surface area contributed by atoms with Crippen molar-refractivity contribution in [2.24, 2.45) is 5.73 Å². The van der Waals surface area contributed by atoms with Crippen molar-refractivity contribution < 1.29 is 0 Å². The minimum atomic E-state index is 0.273. The summed E-state index contributed by atoms with van der Waals surface area (Å²) in [6, 6.07) is 4.70. The molecule has 2 N–H and O–H groups in total. The molecule has 0 amide bonds. The zero-order chi connectivity index (χ0) is 12.6. The predicted octanol–water partition coefficient (Wildman–Crippen LogP) is 3.61. The van der Waals surface area contributed by atoms with E-state index in [2.05, 4.69) is 24.8 Å². The van der Waals surface area contributed by atoms with Crippen LogP contribution in [0.1, 0.15) is 37.4 Å². The lowest BCUT2D eigenvalue weighted by atomic mass is 10.0. The molecule has 1 aromatic carbocycles. The van der Waals surface area contributed by atoms with Crippen LogP contribution in [0, 0.1) is 0 Å². The lowest BCUT2D eigenvalue weighted by Gasteiger charge is -2.29. The van der Waals surface area contributed by atoms with E-state index in [4.69, 9.17) is 28.9 Å². The summed E-state index contributed by atoms with van der Waals surface area (Å²) in [7, 11) is 0. The molecule has 2 unspecified atom stereocenters. The first kappa shape index (κ1) is 13.2. The van der Waals surface area contributed by atoms with Gasteiger partial charge in [-0.1, -0.05) is 36.2 Å². The van der Waals surface area contributed by atoms with Gasteiger partial charge in [-0.15, -0.1) is 0 Å². The van der Waals surface area contributed by atoms with Gasteiger partial charge >= 0.3 is 0 Å². The molecule has 2 atom stereocenters. The summed E-state index contributed by atoms with van der Waals surface area (Å²) in [5.41, 5.74) is 8.29. The largest absolute Gasteiger partial charge is 0.329 e. The molecule has 0 spiro atoms. The molecule has 0 saturated carbocycles. The molecule has 2 nitrogen and oxygen atoms in total. The molecule has 4 heteroatoms. The molecule has 0 aliphatic carbocycles. The van der Waals surface area contributed by atoms with E-state index in [0.29, 0.717) is 22.6 Å². The van der Waals surface area contributed by atoms with Gasteiger partial charge in [0.2, 0.25) is 0 Å². The van der Waals surface area contributed by atoms with E-state index in [-0.39, 0.29) is 6.04 Å². The number of nitrogens with zero attached hydrogens (tertiary/aromatic N) is 1. The van der Waals surface area contributed by atoms with E-state index in [1.807, 2.05) is 6.07 Å². The molecule has 0 saturated heterocycles. The van der Waals surface area contributed by atoms with Gasteiger partial charge < -0.3 is 5.73 Å². The molecular weight excluding hydrogens is 255 g/mol. The van der Waals surface area contributed by atoms with Crippen LogP contribution in [-0.4, -0.2) is 17.5 Å². The highest BCUT2D eigenvalue weighted by molar-refractivity contribution is 6.42. The van der Waals surface area contributed by atoms with E-state index in [1.54, 1.807) is 0 Å². The summed E-state index contributed by atoms with van der Waals surface area (Å²) >= 11 is 12.3. The Labute approximate surface area is 113 Å². The standard InChI is InChI=1S/C13H18Cl2N2/c1-3-8(2)17-7-10-9(12(17)6-16)4-5-11(14)13(10)15/h4-5,8,12H,3,6-7,16H2,1-2H3. The Morgan fingerprint density at radius 3 is 2.76 bits per heavy atom. The maximum atomic E-state index is 6.27. The maximum absolute atomic E-state index is 6.27. The third kappa shape index (κ3) is 2.19. The number of halogens is 2. The average Bonchev–Trinajstić information content (AvgIpc) is 2.72. The average molecular weight is 273 g/mol. The Bertz CT molecular complexity index is 420. The van der Waals surface area contributed by atoms with E-state index < -0.39 is 0 Å². The third-order valence-corrected chi connectivity index (χ3v) is 4.56. The van der Waals surface area contributed by atoms with E-state index in [0.717, 1.165) is 18.5 Å². The Morgan fingerprint density at radius 2 is 2.18 bits per heavy atom. The highest BCUT2D eigenvalue weighted by Crippen LogP contribution is 2.41. The summed E-state index contributed by atoms with van der Waals surface area (Å²) in [4.78, 5) is 2.41. The Kier molecular flexibility index (Phi) is 3.99. The molecule has 0 bridgehead atoms. The topological polar surface area (TPSA) is 29.3 Å². The second-order valence-corrected chi connectivity index (χ2v) is 5.40. The van der Waals surface area contributed by atoms with Crippen molar-refractivity contribution in [3.05, 3.63) is 33.3 Å². The number of hydrogen-bond donors (Lipinski definition) is 1. The van der Waals surface area contributed by atoms with Crippen molar-refractivity contribution in [2.45, 2.75) is 38.9 Å². The van der Waals surface area contributed by atoms with Crippen LogP contribution in [0.4, 0.5) is 0 Å². The summed E-state index contributed by atoms with van der Waals surface area (Å²) in [6.07, 6.45) is 1.11. The van der Waals surface area contributed by atoms with Crippen LogP contribution in [0.5, 0.6) is 0 Å². The SMILES string of the molecule is CCC(C)N1Cc2c(ccc(Cl)c2Cl)C1CN. The molecule has 0 radical (unpaired) electrons. The minimum absolute atomic E-state index is 0.273. The van der Waals surface area contributed by atoms with Crippen molar-refractivity contribution in [3.8, 4) is 0 Å². The fraction of sp³-hybridized carbons (Fsp3) is 0.538. The van der Waals surface area contributed by atoms with E-state index >= 15 is 0 Å². The molecular formula is C13H18Cl2N2. The number of fused-ring (bicyclic) bond motifs is 1. The molecule has 1 aliphatic heterocycles. The second kappa shape index (κ2) is 5.15. The zero-order valence-corrected chi connectivity index (χ0v) is 11.7. The third-order valence-electron chi connectivity index (χ3n) is 3.71. The zero-order valence-electron chi connectivity index (χ0n) is 10.2. The van der Waals surface area contributed by atoms with Crippen LogP contribution in [0.15, 0.2) is 12.1 Å². The first-order chi connectivity index (χ1) is 8.10.